The van der Waals surface area contributed by atoms with Crippen LogP contribution in [0.5, 0.6) is 0 Å². The lowest BCUT2D eigenvalue weighted by atomic mass is 9.22. The first kappa shape index (κ1) is 22.7. The predicted molar refractivity (Wildman–Crippen MR) is 108 cm³/mol. The van der Waals surface area contributed by atoms with Gasteiger partial charge in [-0.3, -0.25) is 0 Å². The molecule has 0 amide bonds. The number of hydrogen-bond acceptors (Lipinski definition) is 6. The maximum atomic E-state index is 16.2. The van der Waals surface area contributed by atoms with Crippen LogP contribution in [0.15, 0.2) is 24.5 Å². The third-order valence-corrected chi connectivity index (χ3v) is 8.15. The summed E-state index contributed by atoms with van der Waals surface area (Å²) in [7, 11) is -0.646. The molecule has 3 saturated carbocycles. The molecule has 1 N–H and O–H groups in total. The summed E-state index contributed by atoms with van der Waals surface area (Å²) in [5.74, 6) is -6.01. The van der Waals surface area contributed by atoms with Gasteiger partial charge in [0, 0.05) is 22.4 Å². The summed E-state index contributed by atoms with van der Waals surface area (Å²) in [6.45, 7) is 6.72. The minimum atomic E-state index is -3.79. The summed E-state index contributed by atoms with van der Waals surface area (Å²) in [5.41, 5.74) is -6.54. The Labute approximate surface area is 188 Å². The van der Waals surface area contributed by atoms with Gasteiger partial charge < -0.3 is 14.4 Å². The molecule has 4 fully saturated rings. The van der Waals surface area contributed by atoms with Gasteiger partial charge in [0.05, 0.1) is 11.2 Å². The van der Waals surface area contributed by atoms with Crippen LogP contribution >= 0.6 is 0 Å². The van der Waals surface area contributed by atoms with Crippen LogP contribution in [0.2, 0.25) is 5.31 Å². The fourth-order valence-corrected chi connectivity index (χ4v) is 5.63. The van der Waals surface area contributed by atoms with Crippen molar-refractivity contribution in [3.05, 3.63) is 41.7 Å². The summed E-state index contributed by atoms with van der Waals surface area (Å²) in [5, 5.41) is 21.5. The van der Waals surface area contributed by atoms with E-state index in [-0.39, 0.29) is 19.3 Å². The third kappa shape index (κ3) is 2.89. The number of nitrogens with zero attached hydrogens (tertiary/aromatic N) is 4. The molecule has 1 aromatic carbocycles. The second kappa shape index (κ2) is 6.54. The molecule has 1 atom stereocenters. The molecular formula is C21H25BF4N4O3. The largest absolute Gasteiger partial charge is 0.464 e. The fourth-order valence-electron chi connectivity index (χ4n) is 5.63. The molecule has 1 unspecified atom stereocenters. The molecule has 0 radical (unpaired) electrons. The molecule has 0 spiro atoms. The maximum Gasteiger partial charge on any atom is 0.464 e. The zero-order chi connectivity index (χ0) is 24.1. The highest BCUT2D eigenvalue weighted by molar-refractivity contribution is 6.51. The van der Waals surface area contributed by atoms with Crippen LogP contribution in [-0.2, 0) is 21.5 Å². The number of tetrazole rings is 1. The lowest BCUT2D eigenvalue weighted by molar-refractivity contribution is -0.336. The molecule has 2 aromatic rings. The van der Waals surface area contributed by atoms with E-state index in [1.54, 1.807) is 0 Å². The van der Waals surface area contributed by atoms with Crippen LogP contribution in [-0.4, -0.2) is 49.6 Å². The molecule has 4 aliphatic rings. The van der Waals surface area contributed by atoms with Crippen LogP contribution in [0.1, 0.15) is 52.5 Å². The van der Waals surface area contributed by atoms with Gasteiger partial charge in [-0.2, -0.15) is 4.80 Å². The van der Waals surface area contributed by atoms with E-state index in [9.17, 15) is 13.9 Å². The van der Waals surface area contributed by atoms with Gasteiger partial charge in [-0.25, -0.2) is 17.6 Å². The number of aromatic nitrogens is 4. The van der Waals surface area contributed by atoms with Gasteiger partial charge in [0.15, 0.2) is 11.9 Å². The quantitative estimate of drug-likeness (QED) is 0.517. The Balaban J connectivity index is 1.46. The SMILES string of the molecule is CC1(C)OB(C23CC(C(F)(F)C(O)(Cn4ncnn4)c4ccc(F)cc4F)(C2)C3)OC1(C)C. The maximum absolute atomic E-state index is 16.2. The van der Waals surface area contributed by atoms with Gasteiger partial charge in [0.25, 0.3) is 5.92 Å². The van der Waals surface area contributed by atoms with Crippen molar-refractivity contribution >= 4 is 7.12 Å². The average molecular weight is 468 g/mol. The number of rotatable bonds is 6. The van der Waals surface area contributed by atoms with E-state index in [1.807, 2.05) is 27.7 Å². The third-order valence-electron chi connectivity index (χ3n) is 8.15. The Bertz CT molecular complexity index is 1060. The predicted octanol–water partition coefficient (Wildman–Crippen LogP) is 3.49. The molecule has 2 bridgehead atoms. The van der Waals surface area contributed by atoms with Gasteiger partial charge in [0.1, 0.15) is 18.2 Å². The smallest absolute Gasteiger partial charge is 0.403 e. The van der Waals surface area contributed by atoms with Crippen LogP contribution < -0.4 is 0 Å². The molecule has 178 valence electrons. The second-order valence-corrected chi connectivity index (χ2v) is 10.8. The highest BCUT2D eigenvalue weighted by Gasteiger charge is 2.86. The van der Waals surface area contributed by atoms with Gasteiger partial charge in [0.2, 0.25) is 0 Å². The van der Waals surface area contributed by atoms with E-state index in [0.29, 0.717) is 6.07 Å². The lowest BCUT2D eigenvalue weighted by Crippen LogP contribution is -2.75. The topological polar surface area (TPSA) is 82.3 Å². The number of aliphatic hydroxyl groups is 1. The Morgan fingerprint density at radius 1 is 1.09 bits per heavy atom. The summed E-state index contributed by atoms with van der Waals surface area (Å²) in [4.78, 5) is 0.770. The highest BCUT2D eigenvalue weighted by Crippen LogP contribution is 2.86. The molecule has 12 heteroatoms. The summed E-state index contributed by atoms with van der Waals surface area (Å²) in [6, 6.07) is 2.14. The van der Waals surface area contributed by atoms with Crippen molar-refractivity contribution in [1.29, 1.82) is 0 Å². The molecule has 3 aliphatic carbocycles. The molecule has 7 nitrogen and oxygen atoms in total. The van der Waals surface area contributed by atoms with Crippen molar-refractivity contribution in [2.45, 2.75) is 81.5 Å². The molecule has 33 heavy (non-hydrogen) atoms. The van der Waals surface area contributed by atoms with E-state index in [4.69, 9.17) is 9.31 Å². The molecular weight excluding hydrogens is 443 g/mol. The Kier molecular flexibility index (Phi) is 4.51. The van der Waals surface area contributed by atoms with Crippen LogP contribution in [0.3, 0.4) is 0 Å². The minimum Gasteiger partial charge on any atom is -0.403 e. The number of alkyl halides is 2. The van der Waals surface area contributed by atoms with Crippen molar-refractivity contribution in [2.24, 2.45) is 5.41 Å². The number of halogens is 4. The van der Waals surface area contributed by atoms with Crippen molar-refractivity contribution in [3.8, 4) is 0 Å². The average Bonchev–Trinajstić information content (AvgIpc) is 3.17. The zero-order valence-electron chi connectivity index (χ0n) is 18.8. The van der Waals surface area contributed by atoms with Gasteiger partial charge in [-0.15, -0.1) is 10.2 Å². The molecule has 1 aliphatic heterocycles. The summed E-state index contributed by atoms with van der Waals surface area (Å²) in [6.07, 6.45) is 1.15. The number of benzene rings is 1. The zero-order valence-corrected chi connectivity index (χ0v) is 18.8. The monoisotopic (exact) mass is 468 g/mol. The summed E-state index contributed by atoms with van der Waals surface area (Å²) >= 11 is 0. The van der Waals surface area contributed by atoms with Crippen molar-refractivity contribution in [2.75, 3.05) is 0 Å². The standard InChI is InChI=1S/C21H25BF4N4O3/c1-16(2)17(3,4)33-22(32-16)19-8-18(9-19,10-19)21(25,26)20(31,11-30-28-12-27-29-30)14-6-5-13(23)7-15(14)24/h5-7,12,31H,8-11H2,1-4H3. The Morgan fingerprint density at radius 3 is 2.21 bits per heavy atom. The summed E-state index contributed by atoms with van der Waals surface area (Å²) < 4.78 is 72.7. The van der Waals surface area contributed by atoms with Crippen LogP contribution in [0.4, 0.5) is 17.6 Å². The van der Waals surface area contributed by atoms with E-state index in [1.165, 1.54) is 0 Å². The first-order valence-electron chi connectivity index (χ1n) is 10.8. The normalized spacial score (nSPS) is 31.6. The van der Waals surface area contributed by atoms with Gasteiger partial charge >= 0.3 is 7.12 Å². The lowest BCUT2D eigenvalue weighted by Gasteiger charge is -2.74. The van der Waals surface area contributed by atoms with Crippen molar-refractivity contribution in [3.63, 3.8) is 0 Å². The van der Waals surface area contributed by atoms with E-state index >= 15 is 8.78 Å². The van der Waals surface area contributed by atoms with E-state index < -0.39 is 64.3 Å². The van der Waals surface area contributed by atoms with Crippen molar-refractivity contribution in [1.82, 2.24) is 20.2 Å². The van der Waals surface area contributed by atoms with Crippen LogP contribution in [0.25, 0.3) is 0 Å². The Morgan fingerprint density at radius 2 is 1.70 bits per heavy atom. The first-order chi connectivity index (χ1) is 15.2. The second-order valence-electron chi connectivity index (χ2n) is 10.8. The van der Waals surface area contributed by atoms with E-state index in [0.717, 1.165) is 23.3 Å². The molecule has 2 heterocycles. The molecule has 6 rings (SSSR count). The molecule has 1 aromatic heterocycles. The Hall–Kier alpha value is -2.05. The minimum absolute atomic E-state index is 0.0414. The van der Waals surface area contributed by atoms with Gasteiger partial charge in [-0.05, 0) is 64.3 Å². The van der Waals surface area contributed by atoms with E-state index in [2.05, 4.69) is 15.4 Å². The van der Waals surface area contributed by atoms with Crippen LogP contribution in [0, 0.1) is 17.0 Å². The first-order valence-corrected chi connectivity index (χ1v) is 10.8. The number of hydrogen-bond donors (Lipinski definition) is 1. The molecule has 1 saturated heterocycles. The van der Waals surface area contributed by atoms with Gasteiger partial charge in [-0.1, -0.05) is 0 Å². The fraction of sp³-hybridized carbons (Fsp3) is 0.667. The highest BCUT2D eigenvalue weighted by atomic mass is 19.3. The van der Waals surface area contributed by atoms with Crippen molar-refractivity contribution < 1.29 is 32.0 Å².